The predicted octanol–water partition coefficient (Wildman–Crippen LogP) is 4.43. The van der Waals surface area contributed by atoms with Gasteiger partial charge in [0.05, 0.1) is 17.0 Å². The van der Waals surface area contributed by atoms with Crippen molar-refractivity contribution in [1.82, 2.24) is 24.8 Å². The Morgan fingerprint density at radius 2 is 1.79 bits per heavy atom. The number of nitrogens with zero attached hydrogens (tertiary/aromatic N) is 6. The number of rotatable bonds is 6. The second-order valence-electron chi connectivity index (χ2n) is 7.84. The third-order valence-electron chi connectivity index (χ3n) is 5.68. The van der Waals surface area contributed by atoms with Crippen molar-refractivity contribution in [3.8, 4) is 17.4 Å². The summed E-state index contributed by atoms with van der Waals surface area (Å²) < 4.78 is 16.8. The minimum Gasteiger partial charge on any atom is -0.310 e. The molecule has 0 aliphatic rings. The van der Waals surface area contributed by atoms with Crippen LogP contribution in [0.3, 0.4) is 0 Å². The van der Waals surface area contributed by atoms with Gasteiger partial charge in [0, 0.05) is 11.4 Å². The van der Waals surface area contributed by atoms with Gasteiger partial charge in [0.15, 0.2) is 0 Å². The van der Waals surface area contributed by atoms with E-state index in [0.717, 1.165) is 28.1 Å². The smallest absolute Gasteiger partial charge is 0.236 e. The molecular weight excluding hydrogens is 453 g/mol. The number of anilines is 1. The third kappa shape index (κ3) is 4.43. The molecule has 8 nitrogen and oxygen atoms in total. The fourth-order valence-electron chi connectivity index (χ4n) is 3.56. The van der Waals surface area contributed by atoms with Crippen LogP contribution in [-0.4, -0.2) is 36.4 Å². The Kier molecular flexibility index (Phi) is 6.47. The van der Waals surface area contributed by atoms with Gasteiger partial charge in [-0.2, -0.15) is 9.94 Å². The summed E-state index contributed by atoms with van der Waals surface area (Å²) in [5.74, 6) is -0.308. The first kappa shape index (κ1) is 23.2. The first-order chi connectivity index (χ1) is 16.3. The maximum Gasteiger partial charge on any atom is 0.236 e. The molecule has 10 heteroatoms. The molecule has 0 spiro atoms. The van der Waals surface area contributed by atoms with Crippen molar-refractivity contribution >= 4 is 23.5 Å². The van der Waals surface area contributed by atoms with Crippen LogP contribution in [0.5, 0.6) is 0 Å². The zero-order valence-electron chi connectivity index (χ0n) is 19.1. The molecule has 1 amide bonds. The third-order valence-corrected chi connectivity index (χ3v) is 6.60. The van der Waals surface area contributed by atoms with Crippen molar-refractivity contribution in [2.75, 3.05) is 11.1 Å². The number of benzene rings is 2. The highest BCUT2D eigenvalue weighted by Gasteiger charge is 2.21. The van der Waals surface area contributed by atoms with Crippen LogP contribution in [0.25, 0.3) is 11.4 Å². The van der Waals surface area contributed by atoms with Gasteiger partial charge in [0.25, 0.3) is 0 Å². The number of nitriles is 1. The lowest BCUT2D eigenvalue weighted by Crippen LogP contribution is -2.18. The van der Waals surface area contributed by atoms with E-state index >= 15 is 0 Å². The zero-order chi connectivity index (χ0) is 24.4. The van der Waals surface area contributed by atoms with E-state index in [1.54, 1.807) is 21.4 Å². The molecule has 2 aromatic heterocycles. The number of amides is 1. The Morgan fingerprint density at radius 3 is 2.47 bits per heavy atom. The van der Waals surface area contributed by atoms with Crippen molar-refractivity contribution < 1.29 is 9.18 Å². The standard InChI is InChI=1S/C24H22FN7OS/c1-14-5-8-20(11-15(14)2)32-24(28-29-30-32)34-13-22(33)27-23-21(12-26)16(3)17(4)31(23)19-9-6-18(25)7-10-19/h5-11H,13H2,1-4H3,(H,27,33). The maximum atomic E-state index is 13.4. The summed E-state index contributed by atoms with van der Waals surface area (Å²) in [6.45, 7) is 7.70. The Balaban J connectivity index is 1.57. The number of aryl methyl sites for hydroxylation is 2. The largest absolute Gasteiger partial charge is 0.310 e. The summed E-state index contributed by atoms with van der Waals surface area (Å²) in [7, 11) is 0. The van der Waals surface area contributed by atoms with Crippen LogP contribution < -0.4 is 5.32 Å². The summed E-state index contributed by atoms with van der Waals surface area (Å²) in [5, 5.41) is 24.9. The molecule has 172 valence electrons. The van der Waals surface area contributed by atoms with E-state index in [2.05, 4.69) is 26.9 Å². The molecule has 2 aromatic carbocycles. The van der Waals surface area contributed by atoms with Gasteiger partial charge in [0.2, 0.25) is 11.1 Å². The Labute approximate surface area is 200 Å². The number of hydrogen-bond acceptors (Lipinski definition) is 6. The molecule has 4 rings (SSSR count). The lowest BCUT2D eigenvalue weighted by Gasteiger charge is -2.13. The van der Waals surface area contributed by atoms with Gasteiger partial charge in [-0.15, -0.1) is 5.10 Å². The minimum absolute atomic E-state index is 0.0305. The van der Waals surface area contributed by atoms with E-state index in [0.29, 0.717) is 22.2 Å². The lowest BCUT2D eigenvalue weighted by molar-refractivity contribution is -0.113. The average molecular weight is 476 g/mol. The van der Waals surface area contributed by atoms with Gasteiger partial charge in [-0.05, 0) is 91.2 Å². The molecule has 0 atom stereocenters. The molecule has 0 saturated heterocycles. The topological polar surface area (TPSA) is 101 Å². The van der Waals surface area contributed by atoms with Crippen LogP contribution in [-0.2, 0) is 4.79 Å². The summed E-state index contributed by atoms with van der Waals surface area (Å²) in [5.41, 5.74) is 5.61. The molecule has 1 N–H and O–H groups in total. The molecule has 4 aromatic rings. The number of thioether (sulfide) groups is 1. The summed E-state index contributed by atoms with van der Waals surface area (Å²) in [4.78, 5) is 12.9. The molecule has 0 radical (unpaired) electrons. The van der Waals surface area contributed by atoms with E-state index in [1.807, 2.05) is 45.9 Å². The minimum atomic E-state index is -0.366. The maximum absolute atomic E-state index is 13.4. The number of carbonyl (C=O) groups is 1. The first-order valence-electron chi connectivity index (χ1n) is 10.5. The number of carbonyl (C=O) groups excluding carboxylic acids is 1. The quantitative estimate of drug-likeness (QED) is 0.414. The average Bonchev–Trinajstić information content (AvgIpc) is 3.38. The van der Waals surface area contributed by atoms with Crippen molar-refractivity contribution in [3.05, 3.63) is 76.2 Å². The normalized spacial score (nSPS) is 10.8. The van der Waals surface area contributed by atoms with E-state index in [9.17, 15) is 14.4 Å². The van der Waals surface area contributed by atoms with Gasteiger partial charge in [-0.25, -0.2) is 4.39 Å². The van der Waals surface area contributed by atoms with Gasteiger partial charge in [-0.1, -0.05) is 17.8 Å². The molecule has 0 bridgehead atoms. The fraction of sp³-hybridized carbons (Fsp3) is 0.208. The van der Waals surface area contributed by atoms with Crippen LogP contribution in [0.4, 0.5) is 10.2 Å². The molecule has 0 unspecified atom stereocenters. The van der Waals surface area contributed by atoms with Crippen molar-refractivity contribution in [2.45, 2.75) is 32.9 Å². The summed E-state index contributed by atoms with van der Waals surface area (Å²) in [6.07, 6.45) is 0. The monoisotopic (exact) mass is 475 g/mol. The number of aromatic nitrogens is 5. The molecule has 0 fully saturated rings. The Hall–Kier alpha value is -3.97. The zero-order valence-corrected chi connectivity index (χ0v) is 19.9. The van der Waals surface area contributed by atoms with Crippen LogP contribution in [0, 0.1) is 44.8 Å². The fourth-order valence-corrected chi connectivity index (χ4v) is 4.25. The van der Waals surface area contributed by atoms with E-state index in [4.69, 9.17) is 0 Å². The predicted molar refractivity (Wildman–Crippen MR) is 128 cm³/mol. The molecule has 0 saturated carbocycles. The number of nitrogens with one attached hydrogen (secondary N) is 1. The van der Waals surface area contributed by atoms with E-state index in [1.165, 1.54) is 23.9 Å². The van der Waals surface area contributed by atoms with Crippen LogP contribution in [0.2, 0.25) is 0 Å². The van der Waals surface area contributed by atoms with Crippen molar-refractivity contribution in [2.24, 2.45) is 0 Å². The first-order valence-corrected chi connectivity index (χ1v) is 11.4. The molecular formula is C24H22FN7OS. The van der Waals surface area contributed by atoms with Gasteiger partial charge in [-0.3, -0.25) is 9.36 Å². The highest BCUT2D eigenvalue weighted by Crippen LogP contribution is 2.30. The lowest BCUT2D eigenvalue weighted by atomic mass is 10.1. The van der Waals surface area contributed by atoms with Crippen molar-refractivity contribution in [1.29, 1.82) is 5.26 Å². The SMILES string of the molecule is Cc1ccc(-n2nnnc2SCC(=O)Nc2c(C#N)c(C)c(C)n2-c2ccc(F)cc2)cc1C. The molecule has 0 aliphatic heterocycles. The molecule has 2 heterocycles. The second-order valence-corrected chi connectivity index (χ2v) is 8.78. The van der Waals surface area contributed by atoms with Crippen LogP contribution in [0.1, 0.15) is 27.9 Å². The molecule has 34 heavy (non-hydrogen) atoms. The Morgan fingerprint density at radius 1 is 1.09 bits per heavy atom. The highest BCUT2D eigenvalue weighted by atomic mass is 32.2. The van der Waals surface area contributed by atoms with E-state index in [-0.39, 0.29) is 17.5 Å². The Bertz CT molecular complexity index is 1420. The van der Waals surface area contributed by atoms with Crippen LogP contribution >= 0.6 is 11.8 Å². The second kappa shape index (κ2) is 9.49. The number of tetrazole rings is 1. The van der Waals surface area contributed by atoms with Gasteiger partial charge in [0.1, 0.15) is 17.7 Å². The van der Waals surface area contributed by atoms with Gasteiger partial charge >= 0.3 is 0 Å². The van der Waals surface area contributed by atoms with Crippen molar-refractivity contribution in [3.63, 3.8) is 0 Å². The summed E-state index contributed by atoms with van der Waals surface area (Å²) >= 11 is 1.19. The number of halogens is 1. The van der Waals surface area contributed by atoms with Gasteiger partial charge < -0.3 is 5.32 Å². The summed E-state index contributed by atoms with van der Waals surface area (Å²) in [6, 6.07) is 13.9. The van der Waals surface area contributed by atoms with Crippen LogP contribution in [0.15, 0.2) is 47.6 Å². The number of hydrogen-bond donors (Lipinski definition) is 1. The highest BCUT2D eigenvalue weighted by molar-refractivity contribution is 7.99. The van der Waals surface area contributed by atoms with E-state index < -0.39 is 0 Å². The molecule has 0 aliphatic carbocycles.